The number of nitrogens with two attached hydrogens (primary N) is 1. The van der Waals surface area contributed by atoms with E-state index < -0.39 is 0 Å². The minimum Gasteiger partial charge on any atom is -0.344 e. The topological polar surface area (TPSA) is 72.9 Å². The Morgan fingerprint density at radius 3 is 2.63 bits per heavy atom. The van der Waals surface area contributed by atoms with E-state index in [0.717, 1.165) is 31.4 Å². The number of hydrogen-bond donors (Lipinski definition) is 2. The molecule has 5 nitrogen and oxygen atoms in total. The summed E-state index contributed by atoms with van der Waals surface area (Å²) in [5.74, 6) is 0.254. The Morgan fingerprint density at radius 2 is 2.16 bits per heavy atom. The molecule has 1 aliphatic rings. The molecule has 1 aromatic rings. The van der Waals surface area contributed by atoms with Crippen molar-refractivity contribution in [2.24, 2.45) is 12.8 Å². The van der Waals surface area contributed by atoms with E-state index in [-0.39, 0.29) is 11.4 Å². The predicted octanol–water partition coefficient (Wildman–Crippen LogP) is 1.54. The Labute approximate surface area is 114 Å². The Bertz CT molecular complexity index is 458. The fourth-order valence-electron chi connectivity index (χ4n) is 2.87. The maximum absolute atomic E-state index is 12.3. The maximum atomic E-state index is 12.3. The number of carbonyl (C=O) groups is 1. The van der Waals surface area contributed by atoms with Gasteiger partial charge in [0.2, 0.25) is 0 Å². The van der Waals surface area contributed by atoms with Crippen LogP contribution in [0.3, 0.4) is 0 Å². The lowest BCUT2D eigenvalue weighted by molar-refractivity contribution is 0.0897. The van der Waals surface area contributed by atoms with Crippen LogP contribution in [0.2, 0.25) is 0 Å². The SMILES string of the molecule is CC(C)c1cc(C(=O)NC2(CN)CCCC2)nn1C. The first-order chi connectivity index (χ1) is 8.97. The summed E-state index contributed by atoms with van der Waals surface area (Å²) < 4.78 is 1.78. The minimum atomic E-state index is -0.216. The fraction of sp³-hybridized carbons (Fsp3) is 0.714. The highest BCUT2D eigenvalue weighted by Crippen LogP contribution is 2.29. The largest absolute Gasteiger partial charge is 0.344 e. The summed E-state index contributed by atoms with van der Waals surface area (Å²) in [6, 6.07) is 1.87. The fourth-order valence-corrected chi connectivity index (χ4v) is 2.87. The molecule has 0 atom stereocenters. The molecule has 19 heavy (non-hydrogen) atoms. The number of aromatic nitrogens is 2. The molecule has 1 amide bonds. The minimum absolute atomic E-state index is 0.102. The average Bonchev–Trinajstić information content (AvgIpc) is 2.96. The van der Waals surface area contributed by atoms with Gasteiger partial charge in [-0.2, -0.15) is 5.10 Å². The third kappa shape index (κ3) is 2.81. The van der Waals surface area contributed by atoms with Gasteiger partial charge in [-0.3, -0.25) is 9.48 Å². The van der Waals surface area contributed by atoms with E-state index in [4.69, 9.17) is 5.73 Å². The van der Waals surface area contributed by atoms with Crippen LogP contribution in [-0.4, -0.2) is 27.8 Å². The number of rotatable bonds is 4. The van der Waals surface area contributed by atoms with Crippen LogP contribution in [0, 0.1) is 0 Å². The van der Waals surface area contributed by atoms with Crippen molar-refractivity contribution in [3.05, 3.63) is 17.5 Å². The zero-order valence-corrected chi connectivity index (χ0v) is 12.1. The standard InChI is InChI=1S/C14H24N4O/c1-10(2)12-8-11(17-18(12)3)13(19)16-14(9-15)6-4-5-7-14/h8,10H,4-7,9,15H2,1-3H3,(H,16,19). The molecule has 0 unspecified atom stereocenters. The van der Waals surface area contributed by atoms with E-state index in [0.29, 0.717) is 18.2 Å². The van der Waals surface area contributed by atoms with Gasteiger partial charge in [-0.1, -0.05) is 26.7 Å². The second kappa shape index (κ2) is 5.33. The molecule has 0 radical (unpaired) electrons. The lowest BCUT2D eigenvalue weighted by Gasteiger charge is -2.28. The normalized spacial score (nSPS) is 17.9. The van der Waals surface area contributed by atoms with Gasteiger partial charge >= 0.3 is 0 Å². The van der Waals surface area contributed by atoms with Gasteiger partial charge < -0.3 is 11.1 Å². The van der Waals surface area contributed by atoms with Crippen molar-refractivity contribution in [1.82, 2.24) is 15.1 Å². The van der Waals surface area contributed by atoms with Crippen LogP contribution in [-0.2, 0) is 7.05 Å². The number of hydrogen-bond acceptors (Lipinski definition) is 3. The lowest BCUT2D eigenvalue weighted by Crippen LogP contribution is -2.51. The number of nitrogens with one attached hydrogen (secondary N) is 1. The van der Waals surface area contributed by atoms with Crippen LogP contribution in [0.4, 0.5) is 0 Å². The van der Waals surface area contributed by atoms with Gasteiger partial charge in [0.05, 0.1) is 5.54 Å². The molecular formula is C14H24N4O. The zero-order chi connectivity index (χ0) is 14.0. The summed E-state index contributed by atoms with van der Waals surface area (Å²) in [7, 11) is 1.88. The smallest absolute Gasteiger partial charge is 0.272 e. The second-order valence-corrected chi connectivity index (χ2v) is 5.88. The molecule has 0 aliphatic heterocycles. The van der Waals surface area contributed by atoms with E-state index in [1.807, 2.05) is 13.1 Å². The maximum Gasteiger partial charge on any atom is 0.272 e. The quantitative estimate of drug-likeness (QED) is 0.866. The van der Waals surface area contributed by atoms with E-state index in [1.165, 1.54) is 0 Å². The molecule has 0 bridgehead atoms. The van der Waals surface area contributed by atoms with Crippen molar-refractivity contribution < 1.29 is 4.79 Å². The van der Waals surface area contributed by atoms with Crippen LogP contribution < -0.4 is 11.1 Å². The van der Waals surface area contributed by atoms with Gasteiger partial charge in [0.25, 0.3) is 5.91 Å². The Balaban J connectivity index is 2.13. The third-order valence-corrected chi connectivity index (χ3v) is 4.07. The van der Waals surface area contributed by atoms with E-state index in [2.05, 4.69) is 24.3 Å². The summed E-state index contributed by atoms with van der Waals surface area (Å²) >= 11 is 0. The predicted molar refractivity (Wildman–Crippen MR) is 75.0 cm³/mol. The van der Waals surface area contributed by atoms with Crippen LogP contribution in [0.5, 0.6) is 0 Å². The van der Waals surface area contributed by atoms with E-state index >= 15 is 0 Å². The van der Waals surface area contributed by atoms with Crippen LogP contribution in [0.25, 0.3) is 0 Å². The van der Waals surface area contributed by atoms with Crippen molar-refractivity contribution in [3.8, 4) is 0 Å². The molecule has 0 aromatic carbocycles. The highest BCUT2D eigenvalue weighted by atomic mass is 16.2. The van der Waals surface area contributed by atoms with Crippen molar-refractivity contribution in [3.63, 3.8) is 0 Å². The van der Waals surface area contributed by atoms with Gasteiger partial charge in [-0.05, 0) is 24.8 Å². The Kier molecular flexibility index (Phi) is 3.94. The first-order valence-corrected chi connectivity index (χ1v) is 7.04. The number of carbonyl (C=O) groups excluding carboxylic acids is 1. The molecule has 1 aliphatic carbocycles. The summed E-state index contributed by atoms with van der Waals surface area (Å²) in [5, 5.41) is 7.40. The number of aryl methyl sites for hydroxylation is 1. The Hall–Kier alpha value is -1.36. The molecule has 2 rings (SSSR count). The second-order valence-electron chi connectivity index (χ2n) is 5.88. The highest BCUT2D eigenvalue weighted by molar-refractivity contribution is 5.93. The molecule has 0 spiro atoms. The number of amides is 1. The van der Waals surface area contributed by atoms with Crippen molar-refractivity contribution in [2.45, 2.75) is 51.0 Å². The molecular weight excluding hydrogens is 240 g/mol. The van der Waals surface area contributed by atoms with Crippen molar-refractivity contribution >= 4 is 5.91 Å². The summed E-state index contributed by atoms with van der Waals surface area (Å²) in [6.07, 6.45) is 4.21. The van der Waals surface area contributed by atoms with Gasteiger partial charge in [0.15, 0.2) is 0 Å². The summed E-state index contributed by atoms with van der Waals surface area (Å²) in [6.45, 7) is 4.69. The molecule has 1 heterocycles. The van der Waals surface area contributed by atoms with Crippen LogP contribution in [0.15, 0.2) is 6.07 Å². The molecule has 1 aromatic heterocycles. The van der Waals surface area contributed by atoms with Crippen LogP contribution in [0.1, 0.15) is 61.6 Å². The average molecular weight is 264 g/mol. The summed E-state index contributed by atoms with van der Waals surface area (Å²) in [4.78, 5) is 12.3. The van der Waals surface area contributed by atoms with Gasteiger partial charge in [0, 0.05) is 19.3 Å². The molecule has 5 heteroatoms. The Morgan fingerprint density at radius 1 is 1.53 bits per heavy atom. The third-order valence-electron chi connectivity index (χ3n) is 4.07. The van der Waals surface area contributed by atoms with Crippen LogP contribution >= 0.6 is 0 Å². The first-order valence-electron chi connectivity index (χ1n) is 7.04. The monoisotopic (exact) mass is 264 g/mol. The highest BCUT2D eigenvalue weighted by Gasteiger charge is 2.34. The van der Waals surface area contributed by atoms with Gasteiger partial charge in [-0.25, -0.2) is 0 Å². The molecule has 1 saturated carbocycles. The molecule has 106 valence electrons. The molecule has 3 N–H and O–H groups in total. The van der Waals surface area contributed by atoms with Gasteiger partial charge in [-0.15, -0.1) is 0 Å². The lowest BCUT2D eigenvalue weighted by atomic mass is 9.97. The first kappa shape index (κ1) is 14.1. The van der Waals surface area contributed by atoms with Crippen molar-refractivity contribution in [2.75, 3.05) is 6.54 Å². The zero-order valence-electron chi connectivity index (χ0n) is 12.1. The molecule has 1 fully saturated rings. The number of nitrogens with zero attached hydrogens (tertiary/aromatic N) is 2. The van der Waals surface area contributed by atoms with E-state index in [9.17, 15) is 4.79 Å². The van der Waals surface area contributed by atoms with E-state index in [1.54, 1.807) is 4.68 Å². The summed E-state index contributed by atoms with van der Waals surface area (Å²) in [5.41, 5.74) is 7.18. The molecule has 0 saturated heterocycles. The van der Waals surface area contributed by atoms with Gasteiger partial charge in [0.1, 0.15) is 5.69 Å². The van der Waals surface area contributed by atoms with Crippen molar-refractivity contribution in [1.29, 1.82) is 0 Å².